The van der Waals surface area contributed by atoms with Crippen molar-refractivity contribution in [3.63, 3.8) is 0 Å². The van der Waals surface area contributed by atoms with E-state index in [0.29, 0.717) is 0 Å². The molecule has 0 aliphatic rings. The zero-order valence-corrected chi connectivity index (χ0v) is 12.6. The largest absolute Gasteiger partial charge is 0.363 e. The van der Waals surface area contributed by atoms with Crippen LogP contribution in [0.2, 0.25) is 0 Å². The van der Waals surface area contributed by atoms with E-state index in [0.717, 1.165) is 29.3 Å². The molecule has 1 aromatic carbocycles. The van der Waals surface area contributed by atoms with Crippen molar-refractivity contribution in [2.45, 2.75) is 6.54 Å². The first-order chi connectivity index (χ1) is 10.9. The average molecular weight is 306 g/mol. The van der Waals surface area contributed by atoms with Crippen LogP contribution in [0, 0.1) is 0 Å². The van der Waals surface area contributed by atoms with Crippen molar-refractivity contribution in [1.29, 1.82) is 0 Å². The zero-order valence-electron chi connectivity index (χ0n) is 11.8. The monoisotopic (exact) mass is 306 g/mol. The molecule has 0 radical (unpaired) electrons. The fourth-order valence-corrected chi connectivity index (χ4v) is 3.03. The molecule has 0 amide bonds. The van der Waals surface area contributed by atoms with Crippen molar-refractivity contribution >= 4 is 22.8 Å². The standard InChI is InChI=1S/C17H14N4S/c1-2-4-13(5-3-1)10-19-16-17-18-7-8-21(17)11-15(20-16)14-6-9-22-12-14/h1-9,11-12H,10H2,(H,19,20). The van der Waals surface area contributed by atoms with Crippen molar-refractivity contribution in [1.82, 2.24) is 14.4 Å². The first-order valence-corrected chi connectivity index (χ1v) is 7.98. The summed E-state index contributed by atoms with van der Waals surface area (Å²) < 4.78 is 2.01. The van der Waals surface area contributed by atoms with Gasteiger partial charge in [0.25, 0.3) is 0 Å². The zero-order chi connectivity index (χ0) is 14.8. The van der Waals surface area contributed by atoms with E-state index in [9.17, 15) is 0 Å². The molecule has 5 heteroatoms. The Morgan fingerprint density at radius 2 is 2.05 bits per heavy atom. The van der Waals surface area contributed by atoms with Crippen LogP contribution in [-0.2, 0) is 6.54 Å². The summed E-state index contributed by atoms with van der Waals surface area (Å²) in [5.74, 6) is 0.803. The molecule has 0 fully saturated rings. The van der Waals surface area contributed by atoms with Crippen LogP contribution in [0.4, 0.5) is 5.82 Å². The Balaban J connectivity index is 1.71. The molecule has 0 unspecified atom stereocenters. The molecule has 0 saturated heterocycles. The molecule has 3 aromatic heterocycles. The molecule has 0 bridgehead atoms. The molecule has 0 spiro atoms. The minimum absolute atomic E-state index is 0.726. The lowest BCUT2D eigenvalue weighted by Crippen LogP contribution is -2.04. The van der Waals surface area contributed by atoms with E-state index in [1.807, 2.05) is 35.0 Å². The number of fused-ring (bicyclic) bond motifs is 1. The third kappa shape index (κ3) is 2.46. The van der Waals surface area contributed by atoms with Crippen molar-refractivity contribution in [2.24, 2.45) is 0 Å². The summed E-state index contributed by atoms with van der Waals surface area (Å²) in [7, 11) is 0. The summed E-state index contributed by atoms with van der Waals surface area (Å²) in [6.45, 7) is 0.726. The Morgan fingerprint density at radius 1 is 1.14 bits per heavy atom. The lowest BCUT2D eigenvalue weighted by molar-refractivity contribution is 1.07. The Hall–Kier alpha value is -2.66. The average Bonchev–Trinajstić information content (AvgIpc) is 3.24. The van der Waals surface area contributed by atoms with Crippen LogP contribution in [0.3, 0.4) is 0 Å². The van der Waals surface area contributed by atoms with Crippen LogP contribution in [0.5, 0.6) is 0 Å². The summed E-state index contributed by atoms with van der Waals surface area (Å²) in [5.41, 5.74) is 4.13. The Labute approximate surface area is 132 Å². The van der Waals surface area contributed by atoms with Crippen LogP contribution in [0.15, 0.2) is 65.7 Å². The van der Waals surface area contributed by atoms with Gasteiger partial charge in [0.05, 0.1) is 5.69 Å². The third-order valence-electron chi connectivity index (χ3n) is 3.49. The van der Waals surface area contributed by atoms with Gasteiger partial charge < -0.3 is 9.72 Å². The minimum atomic E-state index is 0.726. The Kier molecular flexibility index (Phi) is 3.33. The van der Waals surface area contributed by atoms with E-state index in [4.69, 9.17) is 4.98 Å². The predicted molar refractivity (Wildman–Crippen MR) is 90.1 cm³/mol. The number of rotatable bonds is 4. The first kappa shape index (κ1) is 13.0. The number of thiophene rings is 1. The molecule has 3 heterocycles. The van der Waals surface area contributed by atoms with Crippen molar-refractivity contribution in [3.8, 4) is 11.3 Å². The highest BCUT2D eigenvalue weighted by Gasteiger charge is 2.09. The van der Waals surface area contributed by atoms with Gasteiger partial charge in [-0.25, -0.2) is 9.97 Å². The van der Waals surface area contributed by atoms with E-state index in [1.54, 1.807) is 17.5 Å². The highest BCUT2D eigenvalue weighted by molar-refractivity contribution is 7.08. The number of hydrogen-bond acceptors (Lipinski definition) is 4. The predicted octanol–water partition coefficient (Wildman–Crippen LogP) is 4.07. The Morgan fingerprint density at radius 3 is 2.86 bits per heavy atom. The number of nitrogens with zero attached hydrogens (tertiary/aromatic N) is 3. The van der Waals surface area contributed by atoms with E-state index in [1.165, 1.54) is 5.56 Å². The SMILES string of the molecule is c1ccc(CNc2nc(-c3ccsc3)cn3ccnc23)cc1. The van der Waals surface area contributed by atoms with E-state index in [-0.39, 0.29) is 0 Å². The van der Waals surface area contributed by atoms with Crippen LogP contribution >= 0.6 is 11.3 Å². The van der Waals surface area contributed by atoms with E-state index >= 15 is 0 Å². The second-order valence-corrected chi connectivity index (χ2v) is 5.76. The maximum absolute atomic E-state index is 4.74. The normalized spacial score (nSPS) is 10.9. The molecule has 1 N–H and O–H groups in total. The van der Waals surface area contributed by atoms with Crippen LogP contribution in [0.1, 0.15) is 5.56 Å². The number of imidazole rings is 1. The van der Waals surface area contributed by atoms with Crippen LogP contribution in [0.25, 0.3) is 16.9 Å². The topological polar surface area (TPSA) is 42.2 Å². The lowest BCUT2D eigenvalue weighted by Gasteiger charge is -2.09. The molecule has 108 valence electrons. The highest BCUT2D eigenvalue weighted by atomic mass is 32.1. The minimum Gasteiger partial charge on any atom is -0.363 e. The van der Waals surface area contributed by atoms with Gasteiger partial charge in [0.15, 0.2) is 11.5 Å². The molecule has 22 heavy (non-hydrogen) atoms. The molecule has 4 rings (SSSR count). The van der Waals surface area contributed by atoms with Gasteiger partial charge in [-0.1, -0.05) is 30.3 Å². The fraction of sp³-hybridized carbons (Fsp3) is 0.0588. The van der Waals surface area contributed by atoms with Crippen LogP contribution < -0.4 is 5.32 Å². The van der Waals surface area contributed by atoms with Crippen molar-refractivity contribution in [3.05, 3.63) is 71.3 Å². The highest BCUT2D eigenvalue weighted by Crippen LogP contribution is 2.24. The van der Waals surface area contributed by atoms with Gasteiger partial charge in [-0.05, 0) is 17.0 Å². The second kappa shape index (κ2) is 5.61. The van der Waals surface area contributed by atoms with Gasteiger partial charge in [-0.3, -0.25) is 0 Å². The molecule has 0 aliphatic carbocycles. The number of aromatic nitrogens is 3. The molecule has 0 atom stereocenters. The Bertz CT molecular complexity index is 882. The maximum atomic E-state index is 4.74. The van der Waals surface area contributed by atoms with Crippen LogP contribution in [-0.4, -0.2) is 14.4 Å². The van der Waals surface area contributed by atoms with Gasteiger partial charge in [0.1, 0.15) is 0 Å². The molecule has 0 saturated carbocycles. The summed E-state index contributed by atoms with van der Waals surface area (Å²) >= 11 is 1.67. The molecular formula is C17H14N4S. The summed E-state index contributed by atoms with van der Waals surface area (Å²) in [5, 5.41) is 7.57. The van der Waals surface area contributed by atoms with Gasteiger partial charge >= 0.3 is 0 Å². The smallest absolute Gasteiger partial charge is 0.180 e. The van der Waals surface area contributed by atoms with Crippen molar-refractivity contribution in [2.75, 3.05) is 5.32 Å². The quantitative estimate of drug-likeness (QED) is 0.618. The first-order valence-electron chi connectivity index (χ1n) is 7.04. The van der Waals surface area contributed by atoms with Gasteiger partial charge in [-0.2, -0.15) is 11.3 Å². The molecule has 4 nitrogen and oxygen atoms in total. The van der Waals surface area contributed by atoms with Gasteiger partial charge in [0.2, 0.25) is 0 Å². The number of benzene rings is 1. The van der Waals surface area contributed by atoms with Gasteiger partial charge in [0, 0.05) is 36.1 Å². The summed E-state index contributed by atoms with van der Waals surface area (Å²) in [6, 6.07) is 12.4. The fourth-order valence-electron chi connectivity index (χ4n) is 2.38. The van der Waals surface area contributed by atoms with E-state index < -0.39 is 0 Å². The number of anilines is 1. The van der Waals surface area contributed by atoms with E-state index in [2.05, 4.69) is 39.3 Å². The van der Waals surface area contributed by atoms with Gasteiger partial charge in [-0.15, -0.1) is 0 Å². The number of nitrogens with one attached hydrogen (secondary N) is 1. The molecule has 0 aliphatic heterocycles. The summed E-state index contributed by atoms with van der Waals surface area (Å²) in [6.07, 6.45) is 5.75. The maximum Gasteiger partial charge on any atom is 0.180 e. The summed E-state index contributed by atoms with van der Waals surface area (Å²) in [4.78, 5) is 9.14. The lowest BCUT2D eigenvalue weighted by atomic mass is 10.2. The molecular weight excluding hydrogens is 292 g/mol. The molecule has 4 aromatic rings. The third-order valence-corrected chi connectivity index (χ3v) is 4.18. The number of hydrogen-bond donors (Lipinski definition) is 1. The van der Waals surface area contributed by atoms with Crippen molar-refractivity contribution < 1.29 is 0 Å². The second-order valence-electron chi connectivity index (χ2n) is 4.98.